The molecule has 0 N–H and O–H groups in total. The van der Waals surface area contributed by atoms with E-state index in [0.29, 0.717) is 6.54 Å². The fraction of sp³-hybridized carbons (Fsp3) is 0.250. The van der Waals surface area contributed by atoms with Crippen LogP contribution in [-0.4, -0.2) is 27.3 Å². The molecule has 0 atom stereocenters. The first-order valence-electron chi connectivity index (χ1n) is 5.65. The van der Waals surface area contributed by atoms with Gasteiger partial charge in [-0.05, 0) is 24.4 Å². The SMILES string of the molecule is O=C([O-])CSC(=S)OCCn1c(=O)sc2ccccc21. The Balaban J connectivity index is 1.93. The van der Waals surface area contributed by atoms with Crippen molar-refractivity contribution in [2.24, 2.45) is 0 Å². The van der Waals surface area contributed by atoms with Crippen LogP contribution in [0.3, 0.4) is 0 Å². The van der Waals surface area contributed by atoms with Crippen LogP contribution in [0.4, 0.5) is 0 Å². The molecular weight excluding hydrogens is 318 g/mol. The molecule has 2 rings (SSSR count). The highest BCUT2D eigenvalue weighted by atomic mass is 32.2. The molecule has 1 aromatic carbocycles. The maximum Gasteiger partial charge on any atom is 0.308 e. The average Bonchev–Trinajstić information content (AvgIpc) is 2.73. The summed E-state index contributed by atoms with van der Waals surface area (Å²) in [6.07, 6.45) is 0. The first-order chi connectivity index (χ1) is 9.58. The number of aromatic nitrogens is 1. The topological polar surface area (TPSA) is 71.4 Å². The number of ether oxygens (including phenoxy) is 1. The van der Waals surface area contributed by atoms with Crippen molar-refractivity contribution in [1.82, 2.24) is 4.57 Å². The predicted octanol–water partition coefficient (Wildman–Crippen LogP) is 0.848. The monoisotopic (exact) mass is 328 g/mol. The number of para-hydroxylation sites is 1. The summed E-state index contributed by atoms with van der Waals surface area (Å²) in [6.45, 7) is 0.592. The lowest BCUT2D eigenvalue weighted by Gasteiger charge is -2.08. The zero-order valence-electron chi connectivity index (χ0n) is 10.2. The summed E-state index contributed by atoms with van der Waals surface area (Å²) >= 11 is 6.93. The van der Waals surface area contributed by atoms with Gasteiger partial charge in [-0.25, -0.2) is 0 Å². The van der Waals surface area contributed by atoms with Crippen LogP contribution in [0.2, 0.25) is 0 Å². The zero-order valence-corrected chi connectivity index (χ0v) is 12.7. The second-order valence-electron chi connectivity index (χ2n) is 3.75. The molecule has 0 aliphatic carbocycles. The number of thiazole rings is 1. The Labute approximate surface area is 128 Å². The minimum Gasteiger partial charge on any atom is -0.549 e. The van der Waals surface area contributed by atoms with Crippen LogP contribution in [0, 0.1) is 0 Å². The molecule has 0 amide bonds. The predicted molar refractivity (Wildman–Crippen MR) is 82.1 cm³/mol. The van der Waals surface area contributed by atoms with Gasteiger partial charge in [0.2, 0.25) is 4.38 Å². The van der Waals surface area contributed by atoms with E-state index < -0.39 is 5.97 Å². The highest BCUT2D eigenvalue weighted by molar-refractivity contribution is 8.22. The van der Waals surface area contributed by atoms with Gasteiger partial charge in [0.15, 0.2) is 0 Å². The van der Waals surface area contributed by atoms with Gasteiger partial charge in [0, 0.05) is 5.75 Å². The first kappa shape index (κ1) is 15.0. The van der Waals surface area contributed by atoms with Gasteiger partial charge in [-0.2, -0.15) is 0 Å². The van der Waals surface area contributed by atoms with Crippen LogP contribution >= 0.6 is 35.3 Å². The van der Waals surface area contributed by atoms with Gasteiger partial charge in [-0.3, -0.25) is 9.36 Å². The molecule has 106 valence electrons. The van der Waals surface area contributed by atoms with Gasteiger partial charge >= 0.3 is 4.87 Å². The van der Waals surface area contributed by atoms with Crippen LogP contribution in [0.5, 0.6) is 0 Å². The molecule has 0 aliphatic heterocycles. The van der Waals surface area contributed by atoms with Crippen LogP contribution in [0.15, 0.2) is 29.1 Å². The maximum atomic E-state index is 11.8. The van der Waals surface area contributed by atoms with Crippen molar-refractivity contribution >= 4 is 55.9 Å². The minimum absolute atomic E-state index is 0.0527. The van der Waals surface area contributed by atoms with Crippen molar-refractivity contribution < 1.29 is 14.6 Å². The lowest BCUT2D eigenvalue weighted by atomic mass is 10.3. The molecule has 0 saturated heterocycles. The average molecular weight is 328 g/mol. The van der Waals surface area contributed by atoms with Gasteiger partial charge in [-0.15, -0.1) is 0 Å². The van der Waals surface area contributed by atoms with Crippen molar-refractivity contribution in [2.75, 3.05) is 12.4 Å². The number of benzene rings is 1. The van der Waals surface area contributed by atoms with Gasteiger partial charge in [0.1, 0.15) is 6.61 Å². The highest BCUT2D eigenvalue weighted by Gasteiger charge is 2.07. The molecular formula is C12H10NO4S3-. The molecule has 1 aromatic heterocycles. The summed E-state index contributed by atoms with van der Waals surface area (Å²) < 4.78 is 7.90. The van der Waals surface area contributed by atoms with E-state index in [4.69, 9.17) is 17.0 Å². The Hall–Kier alpha value is -1.38. The molecule has 20 heavy (non-hydrogen) atoms. The Bertz CT molecular complexity index is 691. The molecule has 2 aromatic rings. The van der Waals surface area contributed by atoms with Gasteiger partial charge in [0.25, 0.3) is 0 Å². The number of carboxylic acids is 1. The number of hydrogen-bond acceptors (Lipinski definition) is 7. The van der Waals surface area contributed by atoms with Crippen LogP contribution < -0.4 is 9.98 Å². The van der Waals surface area contributed by atoms with Gasteiger partial charge in [-0.1, -0.05) is 35.2 Å². The number of carboxylic acid groups (broad SMARTS) is 1. The number of hydrogen-bond donors (Lipinski definition) is 0. The molecule has 0 bridgehead atoms. The number of fused-ring (bicyclic) bond motifs is 1. The molecule has 0 aliphatic rings. The number of aliphatic carboxylic acids is 1. The van der Waals surface area contributed by atoms with E-state index in [2.05, 4.69) is 0 Å². The van der Waals surface area contributed by atoms with E-state index in [0.717, 1.165) is 22.0 Å². The van der Waals surface area contributed by atoms with Gasteiger partial charge in [0.05, 0.1) is 22.7 Å². The smallest absolute Gasteiger partial charge is 0.308 e. The van der Waals surface area contributed by atoms with E-state index in [-0.39, 0.29) is 21.6 Å². The van der Waals surface area contributed by atoms with Crippen molar-refractivity contribution in [3.8, 4) is 0 Å². The fourth-order valence-corrected chi connectivity index (χ4v) is 3.19. The summed E-state index contributed by atoms with van der Waals surface area (Å²) in [5, 5.41) is 10.3. The van der Waals surface area contributed by atoms with Crippen LogP contribution in [0.1, 0.15) is 0 Å². The largest absolute Gasteiger partial charge is 0.549 e. The van der Waals surface area contributed by atoms with Crippen molar-refractivity contribution in [3.63, 3.8) is 0 Å². The molecule has 1 heterocycles. The third kappa shape index (κ3) is 3.81. The van der Waals surface area contributed by atoms with E-state index in [1.807, 2.05) is 24.3 Å². The molecule has 8 heteroatoms. The maximum absolute atomic E-state index is 11.8. The van der Waals surface area contributed by atoms with Gasteiger partial charge < -0.3 is 14.6 Å². The van der Waals surface area contributed by atoms with Crippen molar-refractivity contribution in [1.29, 1.82) is 0 Å². The Morgan fingerprint density at radius 2 is 2.20 bits per heavy atom. The molecule has 0 radical (unpaired) electrons. The van der Waals surface area contributed by atoms with E-state index in [1.165, 1.54) is 11.3 Å². The van der Waals surface area contributed by atoms with Crippen LogP contribution in [-0.2, 0) is 16.1 Å². The molecule has 0 unspecified atom stereocenters. The number of thioether (sulfide) groups is 1. The quantitative estimate of drug-likeness (QED) is 0.758. The van der Waals surface area contributed by atoms with Crippen LogP contribution in [0.25, 0.3) is 10.2 Å². The number of nitrogens with zero attached hydrogens (tertiary/aromatic N) is 1. The summed E-state index contributed by atoms with van der Waals surface area (Å²) in [5.41, 5.74) is 0.861. The second-order valence-corrected chi connectivity index (χ2v) is 6.32. The highest BCUT2D eigenvalue weighted by Crippen LogP contribution is 2.16. The second kappa shape index (κ2) is 6.87. The molecule has 5 nitrogen and oxygen atoms in total. The summed E-state index contributed by atoms with van der Waals surface area (Å²) in [4.78, 5) is 22.0. The minimum atomic E-state index is -1.19. The summed E-state index contributed by atoms with van der Waals surface area (Å²) in [7, 11) is 0. The first-order valence-corrected chi connectivity index (χ1v) is 7.87. The third-order valence-corrected chi connectivity index (χ3v) is 4.58. The van der Waals surface area contributed by atoms with E-state index >= 15 is 0 Å². The number of carbonyl (C=O) groups excluding carboxylic acids is 1. The Kier molecular flexibility index (Phi) is 5.16. The lowest BCUT2D eigenvalue weighted by Crippen LogP contribution is -2.25. The lowest BCUT2D eigenvalue weighted by molar-refractivity contribution is -0.301. The number of thiocarbonyl (C=S) groups is 1. The number of rotatable bonds is 5. The zero-order chi connectivity index (χ0) is 14.5. The Morgan fingerprint density at radius 1 is 1.45 bits per heavy atom. The van der Waals surface area contributed by atoms with E-state index in [9.17, 15) is 14.7 Å². The summed E-state index contributed by atoms with van der Waals surface area (Å²) in [5.74, 6) is -1.43. The molecule has 0 fully saturated rings. The summed E-state index contributed by atoms with van der Waals surface area (Å²) in [6, 6.07) is 7.51. The standard InChI is InChI=1S/C12H11NO4S3/c14-10(15)7-19-12(18)17-6-5-13-8-3-1-2-4-9(8)20-11(13)16/h1-4H,5-7H2,(H,14,15)/p-1. The van der Waals surface area contributed by atoms with Crippen molar-refractivity contribution in [3.05, 3.63) is 33.9 Å². The fourth-order valence-electron chi connectivity index (χ4n) is 1.61. The molecule has 0 saturated carbocycles. The normalized spacial score (nSPS) is 10.6. The number of carbonyl (C=O) groups is 1. The van der Waals surface area contributed by atoms with Crippen molar-refractivity contribution in [2.45, 2.75) is 6.54 Å². The molecule has 0 spiro atoms. The third-order valence-electron chi connectivity index (χ3n) is 2.42. The Morgan fingerprint density at radius 3 is 2.95 bits per heavy atom. The van der Waals surface area contributed by atoms with E-state index in [1.54, 1.807) is 4.57 Å².